The van der Waals surface area contributed by atoms with Gasteiger partial charge in [-0.2, -0.15) is 0 Å². The Hall–Kier alpha value is -4.35. The highest BCUT2D eigenvalue weighted by molar-refractivity contribution is 14.1. The molecule has 7 N–H and O–H groups in total. The number of anilines is 2. The van der Waals surface area contributed by atoms with Gasteiger partial charge < -0.3 is 21.7 Å². The number of carbonyl (C=O) groups is 2. The first kappa shape index (κ1) is 31.6. The summed E-state index contributed by atoms with van der Waals surface area (Å²) < 4.78 is 29.3. The molecule has 4 aromatic rings. The molecule has 2 amide bonds. The third-order valence-electron chi connectivity index (χ3n) is 8.24. The lowest BCUT2D eigenvalue weighted by molar-refractivity contribution is 0.0668. The van der Waals surface area contributed by atoms with Gasteiger partial charge in [0.1, 0.15) is 5.82 Å². The number of likely N-dealkylation sites (tertiary alicyclic amines) is 1. The van der Waals surface area contributed by atoms with E-state index in [2.05, 4.69) is 52.9 Å². The van der Waals surface area contributed by atoms with Crippen molar-refractivity contribution in [2.45, 2.75) is 34.2 Å². The van der Waals surface area contributed by atoms with E-state index in [-0.39, 0.29) is 40.2 Å². The summed E-state index contributed by atoms with van der Waals surface area (Å²) in [7, 11) is -3.75. The molecule has 1 fully saturated rings. The number of benzene rings is 3. The van der Waals surface area contributed by atoms with Crippen LogP contribution in [-0.4, -0.2) is 66.2 Å². The number of piperidine rings is 1. The van der Waals surface area contributed by atoms with Gasteiger partial charge in [0.2, 0.25) is 10.0 Å². The number of nitrogens with one attached hydrogen (secondary N) is 3. The summed E-state index contributed by atoms with van der Waals surface area (Å²) in [5.74, 6) is -0.175. The Balaban J connectivity index is 1.01. The number of guanidine groups is 1. The van der Waals surface area contributed by atoms with Crippen molar-refractivity contribution >= 4 is 72.8 Å². The SMILES string of the molecule is Nc1nc(N)c(C(=O)NC2=NCC3(CCN(C(=O)c4ccc(CNS(=O)(=O)c5cccc6ccccc56)cc4)CC3)N2)nc1CI. The van der Waals surface area contributed by atoms with Crippen molar-refractivity contribution in [3.8, 4) is 0 Å². The van der Waals surface area contributed by atoms with Gasteiger partial charge in [0.25, 0.3) is 11.8 Å². The van der Waals surface area contributed by atoms with Crippen LogP contribution in [0.5, 0.6) is 0 Å². The molecule has 3 heterocycles. The minimum Gasteiger partial charge on any atom is -0.382 e. The van der Waals surface area contributed by atoms with Crippen molar-refractivity contribution in [1.29, 1.82) is 0 Å². The summed E-state index contributed by atoms with van der Waals surface area (Å²) in [6.07, 6.45) is 1.27. The van der Waals surface area contributed by atoms with Crippen molar-refractivity contribution in [1.82, 2.24) is 30.2 Å². The molecule has 0 unspecified atom stereocenters. The maximum absolute atomic E-state index is 13.3. The first-order valence-electron chi connectivity index (χ1n) is 14.5. The Morgan fingerprint density at radius 2 is 1.67 bits per heavy atom. The van der Waals surface area contributed by atoms with Gasteiger partial charge >= 0.3 is 0 Å². The summed E-state index contributed by atoms with van der Waals surface area (Å²) in [5, 5.41) is 7.57. The second-order valence-electron chi connectivity index (χ2n) is 11.2. The van der Waals surface area contributed by atoms with Gasteiger partial charge in [-0.05, 0) is 42.0 Å². The maximum Gasteiger partial charge on any atom is 0.280 e. The Morgan fingerprint density at radius 1 is 0.957 bits per heavy atom. The van der Waals surface area contributed by atoms with Crippen molar-refractivity contribution < 1.29 is 18.0 Å². The third kappa shape index (κ3) is 6.47. The lowest BCUT2D eigenvalue weighted by Gasteiger charge is -2.39. The minimum absolute atomic E-state index is 0.0139. The van der Waals surface area contributed by atoms with E-state index in [1.54, 1.807) is 47.4 Å². The van der Waals surface area contributed by atoms with Crippen molar-refractivity contribution in [3.63, 3.8) is 0 Å². The largest absolute Gasteiger partial charge is 0.382 e. The van der Waals surface area contributed by atoms with E-state index >= 15 is 0 Å². The molecular weight excluding hydrogens is 721 g/mol. The zero-order chi connectivity index (χ0) is 32.5. The molecule has 46 heavy (non-hydrogen) atoms. The number of aliphatic imine (C=N–C) groups is 1. The predicted molar refractivity (Wildman–Crippen MR) is 184 cm³/mol. The third-order valence-corrected chi connectivity index (χ3v) is 10.4. The molecule has 0 saturated carbocycles. The van der Waals surface area contributed by atoms with Gasteiger partial charge in [0, 0.05) is 35.0 Å². The van der Waals surface area contributed by atoms with Crippen LogP contribution in [0, 0.1) is 0 Å². The molecule has 0 aliphatic carbocycles. The number of hydrogen-bond acceptors (Lipinski definition) is 10. The molecule has 0 radical (unpaired) electrons. The number of hydrogen-bond donors (Lipinski definition) is 5. The first-order valence-corrected chi connectivity index (χ1v) is 17.6. The molecule has 15 heteroatoms. The van der Waals surface area contributed by atoms with Crippen LogP contribution >= 0.6 is 22.6 Å². The Bertz CT molecular complexity index is 1960. The number of halogens is 1. The number of nitrogens with zero attached hydrogens (tertiary/aromatic N) is 4. The standard InChI is InChI=1S/C31H32IN9O4S/c32-16-23-26(33)38-27(34)25(37-23)28(42)39-30-35-18-31(40-30)12-14-41(15-13-31)29(43)21-10-8-19(9-11-21)17-36-46(44,45)24-7-3-5-20-4-1-2-6-22(20)24/h1-11,36H,12-18H2,(H4,33,34,38)(H2,35,39,40,42). The number of nitrogens with two attached hydrogens (primary N) is 2. The molecular formula is C31H32IN9O4S. The van der Waals surface area contributed by atoms with Gasteiger partial charge in [0.05, 0.1) is 22.7 Å². The van der Waals surface area contributed by atoms with Crippen LogP contribution in [0.25, 0.3) is 10.8 Å². The van der Waals surface area contributed by atoms with Crippen LogP contribution in [0.4, 0.5) is 11.6 Å². The van der Waals surface area contributed by atoms with Crippen LogP contribution in [-0.2, 0) is 21.0 Å². The highest BCUT2D eigenvalue weighted by Gasteiger charge is 2.40. The summed E-state index contributed by atoms with van der Waals surface area (Å²) in [6.45, 7) is 1.55. The fourth-order valence-corrected chi connectivity index (χ4v) is 7.42. The number of alkyl halides is 1. The normalized spacial score (nSPS) is 15.8. The molecule has 1 saturated heterocycles. The van der Waals surface area contributed by atoms with Crippen LogP contribution in [0.15, 0.2) is 76.6 Å². The van der Waals surface area contributed by atoms with Crippen molar-refractivity contribution in [2.24, 2.45) is 4.99 Å². The smallest absolute Gasteiger partial charge is 0.280 e. The van der Waals surface area contributed by atoms with Crippen LogP contribution < -0.4 is 26.8 Å². The van der Waals surface area contributed by atoms with Gasteiger partial charge in [-0.3, -0.25) is 19.9 Å². The van der Waals surface area contributed by atoms with E-state index < -0.39 is 15.9 Å². The molecule has 13 nitrogen and oxygen atoms in total. The summed E-state index contributed by atoms with van der Waals surface area (Å²) in [6, 6.07) is 19.5. The van der Waals surface area contributed by atoms with E-state index in [0.717, 1.165) is 10.9 Å². The first-order chi connectivity index (χ1) is 22.1. The quantitative estimate of drug-likeness (QED) is 0.139. The second kappa shape index (κ2) is 12.8. The van der Waals surface area contributed by atoms with Crippen molar-refractivity contribution in [2.75, 3.05) is 31.1 Å². The lowest BCUT2D eigenvalue weighted by atomic mass is 9.88. The zero-order valence-corrected chi connectivity index (χ0v) is 27.6. The molecule has 3 aromatic carbocycles. The van der Waals surface area contributed by atoms with Crippen LogP contribution in [0.1, 0.15) is 44.9 Å². The molecule has 0 bridgehead atoms. The average Bonchev–Trinajstić information content (AvgIpc) is 3.45. The van der Waals surface area contributed by atoms with Gasteiger partial charge in [-0.1, -0.05) is 71.1 Å². The number of rotatable bonds is 7. The van der Waals surface area contributed by atoms with E-state index in [1.165, 1.54) is 0 Å². The Morgan fingerprint density at radius 3 is 2.41 bits per heavy atom. The summed E-state index contributed by atoms with van der Waals surface area (Å²) >= 11 is 2.09. The molecule has 6 rings (SSSR count). The number of amides is 2. The monoisotopic (exact) mass is 753 g/mol. The number of fused-ring (bicyclic) bond motifs is 1. The molecule has 2 aliphatic heterocycles. The number of carbonyl (C=O) groups excluding carboxylic acids is 2. The highest BCUT2D eigenvalue weighted by atomic mass is 127. The van der Waals surface area contributed by atoms with E-state index in [0.29, 0.717) is 59.5 Å². The second-order valence-corrected chi connectivity index (χ2v) is 13.7. The van der Waals surface area contributed by atoms with Crippen LogP contribution in [0.2, 0.25) is 0 Å². The van der Waals surface area contributed by atoms with E-state index in [4.69, 9.17) is 11.5 Å². The predicted octanol–water partition coefficient (Wildman–Crippen LogP) is 2.57. The van der Waals surface area contributed by atoms with Gasteiger partial charge in [-0.15, -0.1) is 0 Å². The summed E-state index contributed by atoms with van der Waals surface area (Å²) in [4.78, 5) is 40.9. The molecule has 238 valence electrons. The lowest BCUT2D eigenvalue weighted by Crippen LogP contribution is -2.57. The molecule has 2 aliphatic rings. The average molecular weight is 754 g/mol. The topological polar surface area (TPSA) is 198 Å². The van der Waals surface area contributed by atoms with Crippen molar-refractivity contribution in [3.05, 3.63) is 89.2 Å². The number of aromatic nitrogens is 2. The Kier molecular flexibility index (Phi) is 8.80. The fraction of sp³-hybridized carbons (Fsp3) is 0.258. The fourth-order valence-electron chi connectivity index (χ4n) is 5.62. The maximum atomic E-state index is 13.3. The summed E-state index contributed by atoms with van der Waals surface area (Å²) in [5.41, 5.74) is 13.0. The van der Waals surface area contributed by atoms with E-state index in [1.807, 2.05) is 24.3 Å². The molecule has 0 atom stereocenters. The van der Waals surface area contributed by atoms with Crippen LogP contribution in [0.3, 0.4) is 0 Å². The van der Waals surface area contributed by atoms with Gasteiger partial charge in [0.15, 0.2) is 17.5 Å². The molecule has 1 spiro atoms. The highest BCUT2D eigenvalue weighted by Crippen LogP contribution is 2.27. The molecule has 1 aromatic heterocycles. The Labute approximate surface area is 279 Å². The minimum atomic E-state index is -3.75. The number of sulfonamides is 1. The zero-order valence-electron chi connectivity index (χ0n) is 24.7. The number of nitrogen functional groups attached to an aromatic ring is 2. The van der Waals surface area contributed by atoms with Gasteiger partial charge in [-0.25, -0.2) is 23.1 Å². The van der Waals surface area contributed by atoms with E-state index in [9.17, 15) is 18.0 Å².